The first kappa shape index (κ1) is 19.4. The summed E-state index contributed by atoms with van der Waals surface area (Å²) in [5.74, 6) is -0.187. The summed E-state index contributed by atoms with van der Waals surface area (Å²) >= 11 is 0. The second-order valence-corrected chi connectivity index (χ2v) is 6.65. The van der Waals surface area contributed by atoms with Gasteiger partial charge in [-0.1, -0.05) is 17.7 Å². The Morgan fingerprint density at radius 3 is 2.50 bits per heavy atom. The van der Waals surface area contributed by atoms with Crippen LogP contribution in [0.1, 0.15) is 27.0 Å². The maximum absolute atomic E-state index is 12.3. The van der Waals surface area contributed by atoms with E-state index in [1.807, 2.05) is 32.9 Å². The molecule has 1 N–H and O–H groups in total. The largest absolute Gasteiger partial charge is 0.482 e. The number of fused-ring (bicyclic) bond motifs is 1. The molecule has 1 heterocycles. The van der Waals surface area contributed by atoms with Gasteiger partial charge in [-0.3, -0.25) is 9.59 Å². The summed E-state index contributed by atoms with van der Waals surface area (Å²) in [5.41, 5.74) is 3.70. The molecule has 0 unspecified atom stereocenters. The Labute approximate surface area is 162 Å². The molecular weight excluding hydrogens is 362 g/mol. The zero-order valence-corrected chi connectivity index (χ0v) is 16.0. The number of hydrogen-bond donors (Lipinski definition) is 1. The van der Waals surface area contributed by atoms with Crippen LogP contribution < -0.4 is 14.8 Å². The highest BCUT2D eigenvalue weighted by Crippen LogP contribution is 2.28. The van der Waals surface area contributed by atoms with Crippen LogP contribution in [0.2, 0.25) is 0 Å². The minimum absolute atomic E-state index is 0.0577. The van der Waals surface area contributed by atoms with E-state index in [9.17, 15) is 14.4 Å². The summed E-state index contributed by atoms with van der Waals surface area (Å²) in [5, 5.41) is 2.63. The van der Waals surface area contributed by atoms with E-state index in [1.54, 1.807) is 12.1 Å². The van der Waals surface area contributed by atoms with Gasteiger partial charge in [0.15, 0.2) is 25.6 Å². The van der Waals surface area contributed by atoms with Crippen molar-refractivity contribution in [3.05, 3.63) is 52.6 Å². The molecule has 0 bridgehead atoms. The molecule has 1 amide bonds. The molecule has 3 rings (SSSR count). The lowest BCUT2D eigenvalue weighted by atomic mass is 10.1. The minimum Gasteiger partial charge on any atom is -0.482 e. The Morgan fingerprint density at radius 1 is 1.07 bits per heavy atom. The minimum atomic E-state index is -0.637. The number of carbonyl (C=O) groups excluding carboxylic acids is 3. The van der Waals surface area contributed by atoms with Crippen LogP contribution in [0.25, 0.3) is 0 Å². The third-order valence-electron chi connectivity index (χ3n) is 4.24. The van der Waals surface area contributed by atoms with Crippen molar-refractivity contribution in [2.45, 2.75) is 20.8 Å². The summed E-state index contributed by atoms with van der Waals surface area (Å²) in [6.45, 7) is 5.04. The van der Waals surface area contributed by atoms with Crippen LogP contribution in [-0.2, 0) is 14.3 Å². The van der Waals surface area contributed by atoms with Crippen LogP contribution in [0.5, 0.6) is 11.5 Å². The number of aryl methyl sites for hydroxylation is 3. The number of carbonyl (C=O) groups is 3. The normalized spacial score (nSPS) is 12.5. The molecule has 2 aromatic carbocycles. The van der Waals surface area contributed by atoms with Crippen LogP contribution in [0.3, 0.4) is 0 Å². The fourth-order valence-corrected chi connectivity index (χ4v) is 3.05. The first-order valence-electron chi connectivity index (χ1n) is 8.79. The van der Waals surface area contributed by atoms with Gasteiger partial charge in [-0.25, -0.2) is 4.79 Å². The van der Waals surface area contributed by atoms with Crippen LogP contribution in [-0.4, -0.2) is 37.5 Å². The molecule has 7 nitrogen and oxygen atoms in total. The van der Waals surface area contributed by atoms with Crippen molar-refractivity contribution >= 4 is 23.3 Å². The third-order valence-corrected chi connectivity index (χ3v) is 4.24. The Hall–Kier alpha value is -3.35. The number of benzene rings is 2. The lowest BCUT2D eigenvalue weighted by Gasteiger charge is -2.18. The predicted molar refractivity (Wildman–Crippen MR) is 102 cm³/mol. The Morgan fingerprint density at radius 2 is 1.79 bits per heavy atom. The van der Waals surface area contributed by atoms with Gasteiger partial charge in [0.25, 0.3) is 5.91 Å². The first-order valence-corrected chi connectivity index (χ1v) is 8.79. The number of rotatable bonds is 6. The predicted octanol–water partition coefficient (Wildman–Crippen LogP) is 2.75. The second-order valence-electron chi connectivity index (χ2n) is 6.65. The van der Waals surface area contributed by atoms with E-state index in [0.29, 0.717) is 22.7 Å². The van der Waals surface area contributed by atoms with Gasteiger partial charge in [0.05, 0.1) is 5.69 Å². The second kappa shape index (κ2) is 8.12. The molecule has 0 fully saturated rings. The van der Waals surface area contributed by atoms with Gasteiger partial charge in [-0.2, -0.15) is 0 Å². The molecule has 28 heavy (non-hydrogen) atoms. The zero-order chi connectivity index (χ0) is 20.3. The van der Waals surface area contributed by atoms with Crippen LogP contribution in [0.15, 0.2) is 30.3 Å². The summed E-state index contributed by atoms with van der Waals surface area (Å²) in [7, 11) is 0. The monoisotopic (exact) mass is 383 g/mol. The average Bonchev–Trinajstić information content (AvgIpc) is 2.64. The summed E-state index contributed by atoms with van der Waals surface area (Å²) in [4.78, 5) is 35.6. The highest BCUT2D eigenvalue weighted by Gasteiger charge is 2.19. The highest BCUT2D eigenvalue weighted by atomic mass is 16.6. The van der Waals surface area contributed by atoms with E-state index in [-0.39, 0.29) is 19.1 Å². The number of ether oxygens (including phenoxy) is 3. The van der Waals surface area contributed by atoms with Crippen molar-refractivity contribution in [1.82, 2.24) is 0 Å². The quantitative estimate of drug-likeness (QED) is 0.609. The van der Waals surface area contributed by atoms with Crippen molar-refractivity contribution < 1.29 is 28.6 Å². The maximum Gasteiger partial charge on any atom is 0.344 e. The molecule has 2 aromatic rings. The Bertz CT molecular complexity index is 927. The fraction of sp³-hybridized carbons (Fsp3) is 0.286. The summed E-state index contributed by atoms with van der Waals surface area (Å²) in [6, 6.07) is 8.58. The van der Waals surface area contributed by atoms with Gasteiger partial charge >= 0.3 is 5.97 Å². The molecule has 0 saturated carbocycles. The van der Waals surface area contributed by atoms with Crippen LogP contribution in [0.4, 0.5) is 5.69 Å². The van der Waals surface area contributed by atoms with E-state index in [0.717, 1.165) is 16.7 Å². The number of nitrogens with one attached hydrogen (secondary N) is 1. The number of amides is 1. The lowest BCUT2D eigenvalue weighted by molar-refractivity contribution is -0.144. The fourth-order valence-electron chi connectivity index (χ4n) is 3.05. The van der Waals surface area contributed by atoms with Crippen molar-refractivity contribution in [1.29, 1.82) is 0 Å². The van der Waals surface area contributed by atoms with Crippen molar-refractivity contribution in [3.8, 4) is 11.5 Å². The average molecular weight is 383 g/mol. The lowest BCUT2D eigenvalue weighted by Crippen LogP contribution is -2.25. The Balaban J connectivity index is 1.54. The van der Waals surface area contributed by atoms with Gasteiger partial charge in [0.2, 0.25) is 0 Å². The summed E-state index contributed by atoms with van der Waals surface area (Å²) < 4.78 is 15.8. The molecule has 0 spiro atoms. The third kappa shape index (κ3) is 4.49. The van der Waals surface area contributed by atoms with Gasteiger partial charge in [-0.15, -0.1) is 0 Å². The van der Waals surface area contributed by atoms with Gasteiger partial charge < -0.3 is 19.5 Å². The topological polar surface area (TPSA) is 90.9 Å². The molecule has 1 aliphatic rings. The molecular formula is C21H21NO6. The molecule has 0 radical (unpaired) electrons. The van der Waals surface area contributed by atoms with Crippen molar-refractivity contribution in [3.63, 3.8) is 0 Å². The zero-order valence-electron chi connectivity index (χ0n) is 16.0. The standard InChI is InChI=1S/C21H21NO6/c1-12-6-13(2)21(14(3)7-12)28-11-20(25)27-9-17(23)15-4-5-18-16(8-15)22-19(24)10-26-18/h4-8H,9-11H2,1-3H3,(H,22,24). The maximum atomic E-state index is 12.3. The number of esters is 1. The molecule has 0 atom stereocenters. The van der Waals surface area contributed by atoms with Gasteiger partial charge in [0.1, 0.15) is 11.5 Å². The smallest absolute Gasteiger partial charge is 0.344 e. The molecule has 146 valence electrons. The number of ketones is 1. The van der Waals surface area contributed by atoms with Crippen molar-refractivity contribution in [2.24, 2.45) is 0 Å². The van der Waals surface area contributed by atoms with Gasteiger partial charge in [0, 0.05) is 5.56 Å². The van der Waals surface area contributed by atoms with E-state index in [2.05, 4.69) is 5.32 Å². The highest BCUT2D eigenvalue weighted by molar-refractivity contribution is 6.01. The van der Waals surface area contributed by atoms with E-state index in [1.165, 1.54) is 6.07 Å². The molecule has 7 heteroatoms. The van der Waals surface area contributed by atoms with Crippen LogP contribution >= 0.6 is 0 Å². The van der Waals surface area contributed by atoms with Crippen LogP contribution in [0, 0.1) is 20.8 Å². The number of anilines is 1. The molecule has 0 aliphatic carbocycles. The van der Waals surface area contributed by atoms with E-state index >= 15 is 0 Å². The number of hydrogen-bond acceptors (Lipinski definition) is 6. The molecule has 1 aliphatic heterocycles. The molecule has 0 saturated heterocycles. The first-order chi connectivity index (χ1) is 13.3. The SMILES string of the molecule is Cc1cc(C)c(OCC(=O)OCC(=O)c2ccc3c(c2)NC(=O)CO3)c(C)c1. The van der Waals surface area contributed by atoms with Crippen molar-refractivity contribution in [2.75, 3.05) is 25.1 Å². The van der Waals surface area contributed by atoms with E-state index in [4.69, 9.17) is 14.2 Å². The summed E-state index contributed by atoms with van der Waals surface area (Å²) in [6.07, 6.45) is 0. The van der Waals surface area contributed by atoms with Gasteiger partial charge in [-0.05, 0) is 50.1 Å². The Kier molecular flexibility index (Phi) is 5.63. The molecule has 0 aromatic heterocycles. The number of Topliss-reactive ketones (excluding diaryl/α,β-unsaturated/α-hetero) is 1. The van der Waals surface area contributed by atoms with E-state index < -0.39 is 18.4 Å².